The van der Waals surface area contributed by atoms with Crippen LogP contribution in [-0.2, 0) is 10.0 Å². The second-order valence-corrected chi connectivity index (χ2v) is 6.13. The summed E-state index contributed by atoms with van der Waals surface area (Å²) < 4.78 is 52.8. The molecule has 4 nitrogen and oxygen atoms in total. The van der Waals surface area contributed by atoms with Crippen LogP contribution < -0.4 is 0 Å². The first-order valence-corrected chi connectivity index (χ1v) is 7.25. The maximum atomic E-state index is 13.6. The zero-order valence-electron chi connectivity index (χ0n) is 10.0. The van der Waals surface area contributed by atoms with E-state index in [4.69, 9.17) is 5.26 Å². The lowest BCUT2D eigenvalue weighted by molar-refractivity contribution is 0.401. The zero-order chi connectivity index (χ0) is 14.0. The molecule has 0 N–H and O–H groups in total. The number of hydrogen-bond acceptors (Lipinski definition) is 3. The predicted octanol–water partition coefficient (Wildman–Crippen LogP) is 2.03. The molecule has 1 aliphatic rings. The SMILES string of the molecule is N#CCCN(C1CC1)S(=O)(=O)c1c(F)cccc1F. The van der Waals surface area contributed by atoms with Gasteiger partial charge in [-0.2, -0.15) is 9.57 Å². The quantitative estimate of drug-likeness (QED) is 0.832. The van der Waals surface area contributed by atoms with Gasteiger partial charge in [0.15, 0.2) is 4.90 Å². The summed E-state index contributed by atoms with van der Waals surface area (Å²) in [6.45, 7) is -0.0444. The molecule has 0 radical (unpaired) electrons. The Labute approximate surface area is 110 Å². The number of nitriles is 1. The fraction of sp³-hybridized carbons (Fsp3) is 0.417. The minimum absolute atomic E-state index is 0.00813. The lowest BCUT2D eigenvalue weighted by Crippen LogP contribution is -2.35. The molecule has 1 aromatic rings. The highest BCUT2D eigenvalue weighted by atomic mass is 32.2. The highest BCUT2D eigenvalue weighted by Crippen LogP contribution is 2.33. The zero-order valence-corrected chi connectivity index (χ0v) is 10.8. The molecule has 1 aromatic carbocycles. The molecule has 0 unspecified atom stereocenters. The Morgan fingerprint density at radius 1 is 1.32 bits per heavy atom. The Kier molecular flexibility index (Phi) is 3.83. The Morgan fingerprint density at radius 3 is 2.37 bits per heavy atom. The van der Waals surface area contributed by atoms with Crippen molar-refractivity contribution in [3.63, 3.8) is 0 Å². The first-order valence-electron chi connectivity index (χ1n) is 5.81. The summed E-state index contributed by atoms with van der Waals surface area (Å²) in [5, 5.41) is 8.54. The number of nitrogens with zero attached hydrogens (tertiary/aromatic N) is 2. The molecule has 0 bridgehead atoms. The molecular weight excluding hydrogens is 274 g/mol. The molecule has 19 heavy (non-hydrogen) atoms. The molecule has 0 heterocycles. The van der Waals surface area contributed by atoms with Gasteiger partial charge in [-0.25, -0.2) is 17.2 Å². The standard InChI is InChI=1S/C12H12F2N2O2S/c13-10-3-1-4-11(14)12(10)19(17,18)16(8-2-7-15)9-5-6-9/h1,3-4,9H,2,5-6,8H2. The molecule has 7 heteroatoms. The Morgan fingerprint density at radius 2 is 1.89 bits per heavy atom. The maximum absolute atomic E-state index is 13.6. The maximum Gasteiger partial charge on any atom is 0.249 e. The van der Waals surface area contributed by atoms with Crippen LogP contribution in [0.15, 0.2) is 23.1 Å². The van der Waals surface area contributed by atoms with Crippen LogP contribution in [0.1, 0.15) is 19.3 Å². The van der Waals surface area contributed by atoms with Crippen LogP contribution in [0.3, 0.4) is 0 Å². The topological polar surface area (TPSA) is 61.2 Å². The van der Waals surface area contributed by atoms with E-state index in [9.17, 15) is 17.2 Å². The van der Waals surface area contributed by atoms with Gasteiger partial charge in [0, 0.05) is 19.0 Å². The molecular formula is C12H12F2N2O2S. The fourth-order valence-corrected chi connectivity index (χ4v) is 3.67. The molecule has 1 aliphatic carbocycles. The van der Waals surface area contributed by atoms with Gasteiger partial charge in [0.05, 0.1) is 6.07 Å². The normalized spacial score (nSPS) is 15.5. The van der Waals surface area contributed by atoms with E-state index < -0.39 is 26.6 Å². The van der Waals surface area contributed by atoms with Crippen LogP contribution in [0.2, 0.25) is 0 Å². The van der Waals surface area contributed by atoms with Crippen molar-refractivity contribution in [2.24, 2.45) is 0 Å². The molecule has 0 spiro atoms. The molecule has 1 saturated carbocycles. The lowest BCUT2D eigenvalue weighted by atomic mass is 10.3. The molecule has 1 fully saturated rings. The number of rotatable bonds is 5. The molecule has 0 atom stereocenters. The third kappa shape index (κ3) is 2.74. The van der Waals surface area contributed by atoms with Crippen LogP contribution in [0.25, 0.3) is 0 Å². The van der Waals surface area contributed by atoms with Gasteiger partial charge in [-0.3, -0.25) is 0 Å². The summed E-state index contributed by atoms with van der Waals surface area (Å²) >= 11 is 0. The molecule has 102 valence electrons. The minimum atomic E-state index is -4.24. The van der Waals surface area contributed by atoms with Crippen molar-refractivity contribution >= 4 is 10.0 Å². The highest BCUT2D eigenvalue weighted by Gasteiger charge is 2.40. The van der Waals surface area contributed by atoms with E-state index in [-0.39, 0.29) is 19.0 Å². The monoisotopic (exact) mass is 286 g/mol. The number of benzene rings is 1. The Bertz CT molecular complexity index is 601. The molecule has 0 aromatic heterocycles. The van der Waals surface area contributed by atoms with Gasteiger partial charge in [-0.05, 0) is 25.0 Å². The van der Waals surface area contributed by atoms with Crippen LogP contribution in [0.4, 0.5) is 8.78 Å². The van der Waals surface area contributed by atoms with Crippen LogP contribution in [-0.4, -0.2) is 25.3 Å². The lowest BCUT2D eigenvalue weighted by Gasteiger charge is -2.21. The smallest absolute Gasteiger partial charge is 0.207 e. The van der Waals surface area contributed by atoms with E-state index in [2.05, 4.69) is 0 Å². The second-order valence-electron chi connectivity index (χ2n) is 4.31. The third-order valence-electron chi connectivity index (χ3n) is 2.88. The van der Waals surface area contributed by atoms with Gasteiger partial charge in [0.25, 0.3) is 0 Å². The van der Waals surface area contributed by atoms with Gasteiger partial charge in [0.2, 0.25) is 10.0 Å². The molecule has 0 saturated heterocycles. The third-order valence-corrected chi connectivity index (χ3v) is 4.89. The predicted molar refractivity (Wildman–Crippen MR) is 63.5 cm³/mol. The van der Waals surface area contributed by atoms with Crippen LogP contribution >= 0.6 is 0 Å². The largest absolute Gasteiger partial charge is 0.249 e. The minimum Gasteiger partial charge on any atom is -0.207 e. The average molecular weight is 286 g/mol. The molecule has 0 aliphatic heterocycles. The highest BCUT2D eigenvalue weighted by molar-refractivity contribution is 7.89. The number of halogens is 2. The van der Waals surface area contributed by atoms with E-state index in [0.717, 1.165) is 22.5 Å². The number of sulfonamides is 1. The van der Waals surface area contributed by atoms with Crippen LogP contribution in [0, 0.1) is 23.0 Å². The van der Waals surface area contributed by atoms with E-state index in [1.807, 2.05) is 6.07 Å². The fourth-order valence-electron chi connectivity index (χ4n) is 1.87. The van der Waals surface area contributed by atoms with Gasteiger partial charge < -0.3 is 0 Å². The summed E-state index contributed by atoms with van der Waals surface area (Å²) in [7, 11) is -4.24. The molecule has 0 amide bonds. The van der Waals surface area contributed by atoms with Crippen molar-refractivity contribution in [1.29, 1.82) is 5.26 Å². The van der Waals surface area contributed by atoms with Gasteiger partial charge in [-0.15, -0.1) is 0 Å². The summed E-state index contributed by atoms with van der Waals surface area (Å²) in [5.41, 5.74) is 0. The summed E-state index contributed by atoms with van der Waals surface area (Å²) in [6.07, 6.45) is 1.30. The van der Waals surface area contributed by atoms with Crippen molar-refractivity contribution in [3.05, 3.63) is 29.8 Å². The van der Waals surface area contributed by atoms with E-state index in [0.29, 0.717) is 12.8 Å². The summed E-state index contributed by atoms with van der Waals surface area (Å²) in [4.78, 5) is -0.931. The van der Waals surface area contributed by atoms with E-state index in [1.165, 1.54) is 0 Å². The van der Waals surface area contributed by atoms with Crippen LogP contribution in [0.5, 0.6) is 0 Å². The van der Waals surface area contributed by atoms with E-state index in [1.54, 1.807) is 0 Å². The van der Waals surface area contributed by atoms with Crippen molar-refractivity contribution in [2.45, 2.75) is 30.2 Å². The van der Waals surface area contributed by atoms with Crippen molar-refractivity contribution in [2.75, 3.05) is 6.54 Å². The Balaban J connectivity index is 2.42. The van der Waals surface area contributed by atoms with Crippen molar-refractivity contribution in [1.82, 2.24) is 4.31 Å². The molecule has 2 rings (SSSR count). The summed E-state index contributed by atoms with van der Waals surface area (Å²) in [6, 6.07) is 4.52. The van der Waals surface area contributed by atoms with Crippen molar-refractivity contribution in [3.8, 4) is 6.07 Å². The van der Waals surface area contributed by atoms with Gasteiger partial charge in [-0.1, -0.05) is 6.07 Å². The first-order chi connectivity index (χ1) is 8.98. The van der Waals surface area contributed by atoms with Gasteiger partial charge >= 0.3 is 0 Å². The van der Waals surface area contributed by atoms with Gasteiger partial charge in [0.1, 0.15) is 11.6 Å². The average Bonchev–Trinajstić information content (AvgIpc) is 3.13. The van der Waals surface area contributed by atoms with Crippen molar-refractivity contribution < 1.29 is 17.2 Å². The summed E-state index contributed by atoms with van der Waals surface area (Å²) in [5.74, 6) is -2.22. The second kappa shape index (κ2) is 5.23. The Hall–Kier alpha value is -1.52. The number of hydrogen-bond donors (Lipinski definition) is 0. The first kappa shape index (κ1) is 13.9. The van der Waals surface area contributed by atoms with E-state index >= 15 is 0 Å².